The largest absolute Gasteiger partial charge is 0.361 e. The number of halogens is 1. The molecule has 1 aliphatic heterocycles. The number of anilines is 2. The first-order valence-electron chi connectivity index (χ1n) is 8.27. The highest BCUT2D eigenvalue weighted by molar-refractivity contribution is 5.94. The fourth-order valence-electron chi connectivity index (χ4n) is 2.77. The van der Waals surface area contributed by atoms with Gasteiger partial charge in [-0.3, -0.25) is 4.79 Å². The predicted octanol–water partition coefficient (Wildman–Crippen LogP) is 1.95. The smallest absolute Gasteiger partial charge is 0.254 e. The van der Waals surface area contributed by atoms with Gasteiger partial charge in [0.2, 0.25) is 0 Å². The molecule has 0 aliphatic carbocycles. The Balaban J connectivity index is 1.63. The number of piperazine rings is 1. The van der Waals surface area contributed by atoms with Crippen molar-refractivity contribution < 1.29 is 9.18 Å². The topological polar surface area (TPSA) is 52.6 Å². The van der Waals surface area contributed by atoms with Gasteiger partial charge in [0.25, 0.3) is 5.91 Å². The Hall–Kier alpha value is -2.70. The molecule has 0 radical (unpaired) electrons. The van der Waals surface area contributed by atoms with Crippen LogP contribution in [0.2, 0.25) is 0 Å². The molecular weight excluding hydrogens is 321 g/mol. The number of hydrogen-bond acceptors (Lipinski definition) is 5. The van der Waals surface area contributed by atoms with Gasteiger partial charge in [-0.05, 0) is 36.8 Å². The second-order valence-electron chi connectivity index (χ2n) is 6.39. The molecule has 1 fully saturated rings. The first-order valence-corrected chi connectivity index (χ1v) is 8.27. The molecule has 0 bridgehead atoms. The lowest BCUT2D eigenvalue weighted by molar-refractivity contribution is 0.0746. The van der Waals surface area contributed by atoms with Crippen molar-refractivity contribution >= 4 is 17.5 Å². The summed E-state index contributed by atoms with van der Waals surface area (Å²) in [4.78, 5) is 18.3. The average molecular weight is 343 g/mol. The quantitative estimate of drug-likeness (QED) is 0.853. The number of aryl methyl sites for hydroxylation is 1. The summed E-state index contributed by atoms with van der Waals surface area (Å²) < 4.78 is 13.7. The zero-order valence-corrected chi connectivity index (χ0v) is 14.7. The first kappa shape index (κ1) is 17.1. The molecule has 1 aliphatic rings. The van der Waals surface area contributed by atoms with E-state index in [1.807, 2.05) is 31.1 Å². The third-order valence-corrected chi connectivity index (χ3v) is 4.40. The third kappa shape index (κ3) is 3.70. The minimum atomic E-state index is -0.347. The zero-order valence-electron chi connectivity index (χ0n) is 14.7. The first-order chi connectivity index (χ1) is 12.0. The maximum atomic E-state index is 13.7. The summed E-state index contributed by atoms with van der Waals surface area (Å²) in [5.41, 5.74) is 0.938. The number of nitrogens with zero attached hydrogens (tertiary/aromatic N) is 5. The minimum absolute atomic E-state index is 0.132. The molecule has 0 atom stereocenters. The number of benzene rings is 1. The Kier molecular flexibility index (Phi) is 4.83. The van der Waals surface area contributed by atoms with Gasteiger partial charge >= 0.3 is 0 Å². The van der Waals surface area contributed by atoms with Crippen LogP contribution in [0.1, 0.15) is 15.9 Å². The molecule has 2 heterocycles. The van der Waals surface area contributed by atoms with Crippen molar-refractivity contribution in [1.29, 1.82) is 0 Å². The van der Waals surface area contributed by atoms with E-state index in [0.29, 0.717) is 37.3 Å². The van der Waals surface area contributed by atoms with Crippen LogP contribution in [-0.2, 0) is 0 Å². The summed E-state index contributed by atoms with van der Waals surface area (Å²) in [6.45, 7) is 4.19. The molecule has 0 unspecified atom stereocenters. The number of rotatable bonds is 3. The fraction of sp³-hybridized carbons (Fsp3) is 0.389. The molecule has 25 heavy (non-hydrogen) atoms. The monoisotopic (exact) mass is 343 g/mol. The standard InChI is InChI=1S/C18H22FN5O/c1-13-4-5-14(12-15(13)19)18(25)24-10-8-23(9-11-24)17-7-6-16(20-21-17)22(2)3/h4-7,12H,8-11H2,1-3H3. The lowest BCUT2D eigenvalue weighted by Crippen LogP contribution is -2.49. The molecule has 0 spiro atoms. The summed E-state index contributed by atoms with van der Waals surface area (Å²) in [6, 6.07) is 8.50. The van der Waals surface area contributed by atoms with E-state index in [2.05, 4.69) is 15.1 Å². The molecule has 1 amide bonds. The molecule has 0 N–H and O–H groups in total. The highest BCUT2D eigenvalue weighted by Crippen LogP contribution is 2.17. The van der Waals surface area contributed by atoms with E-state index in [4.69, 9.17) is 0 Å². The van der Waals surface area contributed by atoms with Crippen LogP contribution in [0.5, 0.6) is 0 Å². The van der Waals surface area contributed by atoms with Crippen LogP contribution in [0.15, 0.2) is 30.3 Å². The Morgan fingerprint density at radius 3 is 2.36 bits per heavy atom. The summed E-state index contributed by atoms with van der Waals surface area (Å²) in [6.07, 6.45) is 0. The Bertz CT molecular complexity index is 755. The SMILES string of the molecule is Cc1ccc(C(=O)N2CCN(c3ccc(N(C)C)nn3)CC2)cc1F. The van der Waals surface area contributed by atoms with Gasteiger partial charge < -0.3 is 14.7 Å². The number of amides is 1. The lowest BCUT2D eigenvalue weighted by Gasteiger charge is -2.35. The second kappa shape index (κ2) is 7.04. The highest BCUT2D eigenvalue weighted by Gasteiger charge is 2.23. The van der Waals surface area contributed by atoms with Crippen LogP contribution in [0.4, 0.5) is 16.0 Å². The molecule has 1 aromatic heterocycles. The molecule has 1 aromatic carbocycles. The summed E-state index contributed by atoms with van der Waals surface area (Å²) >= 11 is 0. The van der Waals surface area contributed by atoms with Crippen LogP contribution in [-0.4, -0.2) is 61.3 Å². The van der Waals surface area contributed by atoms with Gasteiger partial charge in [-0.2, -0.15) is 0 Å². The molecule has 3 rings (SSSR count). The van der Waals surface area contributed by atoms with Crippen LogP contribution >= 0.6 is 0 Å². The van der Waals surface area contributed by atoms with Crippen LogP contribution in [0, 0.1) is 12.7 Å². The lowest BCUT2D eigenvalue weighted by atomic mass is 10.1. The van der Waals surface area contributed by atoms with Crippen molar-refractivity contribution in [3.63, 3.8) is 0 Å². The number of carbonyl (C=O) groups excluding carboxylic acids is 1. The van der Waals surface area contributed by atoms with Gasteiger partial charge in [0.1, 0.15) is 5.82 Å². The van der Waals surface area contributed by atoms with E-state index in [9.17, 15) is 9.18 Å². The maximum Gasteiger partial charge on any atom is 0.254 e. The van der Waals surface area contributed by atoms with Crippen molar-refractivity contribution in [1.82, 2.24) is 15.1 Å². The molecular formula is C18H22FN5O. The number of aromatic nitrogens is 2. The normalized spacial score (nSPS) is 14.6. The van der Waals surface area contributed by atoms with Gasteiger partial charge in [-0.1, -0.05) is 6.07 Å². The molecule has 7 heteroatoms. The number of hydrogen-bond donors (Lipinski definition) is 0. The molecule has 1 saturated heterocycles. The van der Waals surface area contributed by atoms with E-state index in [1.54, 1.807) is 24.0 Å². The minimum Gasteiger partial charge on any atom is -0.361 e. The van der Waals surface area contributed by atoms with Crippen molar-refractivity contribution in [2.45, 2.75) is 6.92 Å². The van der Waals surface area contributed by atoms with Gasteiger partial charge in [-0.15, -0.1) is 10.2 Å². The number of carbonyl (C=O) groups is 1. The van der Waals surface area contributed by atoms with Gasteiger partial charge in [0.15, 0.2) is 11.6 Å². The van der Waals surface area contributed by atoms with E-state index in [-0.39, 0.29) is 11.7 Å². The summed E-state index contributed by atoms with van der Waals surface area (Å²) in [5, 5.41) is 8.44. The Labute approximate surface area is 146 Å². The summed E-state index contributed by atoms with van der Waals surface area (Å²) in [7, 11) is 3.84. The van der Waals surface area contributed by atoms with Gasteiger partial charge in [0.05, 0.1) is 0 Å². The zero-order chi connectivity index (χ0) is 18.0. The van der Waals surface area contributed by atoms with Crippen LogP contribution < -0.4 is 9.80 Å². The summed E-state index contributed by atoms with van der Waals surface area (Å²) in [5.74, 6) is 1.13. The van der Waals surface area contributed by atoms with Crippen LogP contribution in [0.25, 0.3) is 0 Å². The highest BCUT2D eigenvalue weighted by atomic mass is 19.1. The van der Waals surface area contributed by atoms with E-state index < -0.39 is 0 Å². The Morgan fingerprint density at radius 2 is 1.80 bits per heavy atom. The second-order valence-corrected chi connectivity index (χ2v) is 6.39. The molecule has 132 valence electrons. The van der Waals surface area contributed by atoms with Crippen molar-refractivity contribution in [3.05, 3.63) is 47.3 Å². The maximum absolute atomic E-state index is 13.7. The predicted molar refractivity (Wildman–Crippen MR) is 95.6 cm³/mol. The van der Waals surface area contributed by atoms with E-state index in [0.717, 1.165) is 11.6 Å². The average Bonchev–Trinajstić information content (AvgIpc) is 2.63. The van der Waals surface area contributed by atoms with Gasteiger partial charge in [-0.25, -0.2) is 4.39 Å². The van der Waals surface area contributed by atoms with Gasteiger partial charge in [0, 0.05) is 45.8 Å². The third-order valence-electron chi connectivity index (χ3n) is 4.40. The molecule has 2 aromatic rings. The molecule has 6 nitrogen and oxygen atoms in total. The van der Waals surface area contributed by atoms with Crippen LogP contribution in [0.3, 0.4) is 0 Å². The van der Waals surface area contributed by atoms with Crippen molar-refractivity contribution in [3.8, 4) is 0 Å². The fourth-order valence-corrected chi connectivity index (χ4v) is 2.77. The molecule has 0 saturated carbocycles. The van der Waals surface area contributed by atoms with E-state index in [1.165, 1.54) is 6.07 Å². The van der Waals surface area contributed by atoms with Crippen molar-refractivity contribution in [2.75, 3.05) is 50.1 Å². The van der Waals surface area contributed by atoms with Crippen molar-refractivity contribution in [2.24, 2.45) is 0 Å². The van der Waals surface area contributed by atoms with E-state index >= 15 is 0 Å². The Morgan fingerprint density at radius 1 is 1.08 bits per heavy atom.